The van der Waals surface area contributed by atoms with Gasteiger partial charge in [-0.2, -0.15) is 0 Å². The molecule has 1 saturated heterocycles. The molecule has 3 aromatic rings. The van der Waals surface area contributed by atoms with Crippen LogP contribution < -0.4 is 10.0 Å². The number of amides is 1. The third-order valence-corrected chi connectivity index (χ3v) is 5.84. The lowest BCUT2D eigenvalue weighted by molar-refractivity contribution is -0.115. The van der Waals surface area contributed by atoms with E-state index in [4.69, 9.17) is 11.6 Å². The van der Waals surface area contributed by atoms with Crippen LogP contribution >= 0.6 is 23.4 Å². The number of hydrogen-bond acceptors (Lipinski definition) is 7. The van der Waals surface area contributed by atoms with Gasteiger partial charge in [0.15, 0.2) is 5.17 Å². The predicted octanol–water partition coefficient (Wildman–Crippen LogP) is 3.55. The maximum Gasteiger partial charge on any atom is 0.264 e. The molecule has 0 radical (unpaired) electrons. The number of fused-ring (bicyclic) bond motifs is 1. The van der Waals surface area contributed by atoms with Crippen molar-refractivity contribution in [3.63, 3.8) is 0 Å². The number of halogens is 1. The highest BCUT2D eigenvalue weighted by Crippen LogP contribution is 2.35. The van der Waals surface area contributed by atoms with Gasteiger partial charge in [-0.1, -0.05) is 23.7 Å². The SMILES string of the molecule is CS(=O)(=O)Nc1cccc(N=C2NC(=O)C(=Cc3ccc4nccnc4c3)S2)c1Cl. The fourth-order valence-electron chi connectivity index (χ4n) is 2.70. The van der Waals surface area contributed by atoms with Gasteiger partial charge in [0.2, 0.25) is 10.0 Å². The Bertz CT molecular complexity index is 1340. The number of thioether (sulfide) groups is 1. The number of sulfonamides is 1. The van der Waals surface area contributed by atoms with Gasteiger partial charge >= 0.3 is 0 Å². The molecule has 8 nitrogen and oxygen atoms in total. The van der Waals surface area contributed by atoms with Gasteiger partial charge in [0, 0.05) is 12.4 Å². The van der Waals surface area contributed by atoms with Gasteiger partial charge in [-0.25, -0.2) is 13.4 Å². The number of nitrogens with zero attached hydrogens (tertiary/aromatic N) is 3. The number of carbonyl (C=O) groups is 1. The van der Waals surface area contributed by atoms with E-state index in [0.29, 0.717) is 15.8 Å². The second kappa shape index (κ2) is 8.05. The molecule has 1 aromatic heterocycles. The Balaban J connectivity index is 1.61. The number of anilines is 1. The van der Waals surface area contributed by atoms with Crippen LogP contribution in [0.3, 0.4) is 0 Å². The molecule has 2 aromatic carbocycles. The van der Waals surface area contributed by atoms with Gasteiger partial charge in [0.1, 0.15) is 0 Å². The van der Waals surface area contributed by atoms with Crippen molar-refractivity contribution < 1.29 is 13.2 Å². The first-order valence-electron chi connectivity index (χ1n) is 8.55. The van der Waals surface area contributed by atoms with Gasteiger partial charge in [0.25, 0.3) is 5.91 Å². The summed E-state index contributed by atoms with van der Waals surface area (Å²) in [6.07, 6.45) is 6.00. The molecular formula is C19H14ClN5O3S2. The summed E-state index contributed by atoms with van der Waals surface area (Å²) in [6, 6.07) is 10.3. The summed E-state index contributed by atoms with van der Waals surface area (Å²) >= 11 is 7.43. The van der Waals surface area contributed by atoms with Gasteiger partial charge < -0.3 is 5.32 Å². The van der Waals surface area contributed by atoms with E-state index in [1.54, 1.807) is 30.6 Å². The third-order valence-electron chi connectivity index (χ3n) is 3.94. The average Bonchev–Trinajstić information content (AvgIpc) is 3.03. The summed E-state index contributed by atoms with van der Waals surface area (Å²) < 4.78 is 25.3. The molecule has 1 aliphatic heterocycles. The minimum Gasteiger partial charge on any atom is -0.300 e. The Morgan fingerprint density at radius 2 is 1.93 bits per heavy atom. The summed E-state index contributed by atoms with van der Waals surface area (Å²) in [4.78, 5) is 25.7. The Morgan fingerprint density at radius 1 is 1.17 bits per heavy atom. The third kappa shape index (κ3) is 4.61. The maximum absolute atomic E-state index is 12.3. The minimum atomic E-state index is -3.49. The van der Waals surface area contributed by atoms with Crippen molar-refractivity contribution >= 4 is 72.9 Å². The molecule has 1 fully saturated rings. The van der Waals surface area contributed by atoms with E-state index in [2.05, 4.69) is 25.0 Å². The number of rotatable bonds is 4. The van der Waals surface area contributed by atoms with Crippen LogP contribution in [0.15, 0.2) is 58.7 Å². The van der Waals surface area contributed by atoms with Crippen LogP contribution in [0.4, 0.5) is 11.4 Å². The zero-order valence-electron chi connectivity index (χ0n) is 15.5. The number of aliphatic imine (C=N–C) groups is 1. The molecule has 0 bridgehead atoms. The molecule has 4 rings (SSSR count). The Morgan fingerprint density at radius 3 is 2.70 bits per heavy atom. The second-order valence-electron chi connectivity index (χ2n) is 6.30. The fourth-order valence-corrected chi connectivity index (χ4v) is 4.37. The van der Waals surface area contributed by atoms with Crippen molar-refractivity contribution in [3.05, 3.63) is 64.3 Å². The lowest BCUT2D eigenvalue weighted by atomic mass is 10.2. The molecule has 2 heterocycles. The van der Waals surface area contributed by atoms with Gasteiger partial charge in [0.05, 0.1) is 38.6 Å². The van der Waals surface area contributed by atoms with E-state index < -0.39 is 10.0 Å². The summed E-state index contributed by atoms with van der Waals surface area (Å²) in [5, 5.41) is 3.16. The lowest BCUT2D eigenvalue weighted by Crippen LogP contribution is -2.19. The molecule has 1 amide bonds. The van der Waals surface area contributed by atoms with Crippen LogP contribution in [0.25, 0.3) is 17.1 Å². The topological polar surface area (TPSA) is 113 Å². The largest absolute Gasteiger partial charge is 0.300 e. The zero-order valence-corrected chi connectivity index (χ0v) is 17.8. The molecule has 11 heteroatoms. The summed E-state index contributed by atoms with van der Waals surface area (Å²) in [5.41, 5.74) is 2.84. The van der Waals surface area contributed by atoms with Crippen LogP contribution in [0.1, 0.15) is 5.56 Å². The van der Waals surface area contributed by atoms with E-state index in [1.165, 1.54) is 6.07 Å². The van der Waals surface area contributed by atoms with Crippen molar-refractivity contribution in [2.75, 3.05) is 11.0 Å². The number of aromatic nitrogens is 2. The van der Waals surface area contributed by atoms with Crippen LogP contribution in [0.5, 0.6) is 0 Å². The molecule has 30 heavy (non-hydrogen) atoms. The number of amidine groups is 1. The molecule has 0 saturated carbocycles. The number of nitrogens with one attached hydrogen (secondary N) is 2. The smallest absolute Gasteiger partial charge is 0.264 e. The molecule has 1 aliphatic rings. The molecule has 152 valence electrons. The van der Waals surface area contributed by atoms with Gasteiger partial charge in [-0.3, -0.25) is 19.5 Å². The van der Waals surface area contributed by atoms with E-state index in [-0.39, 0.29) is 16.6 Å². The standard InChI is InChI=1S/C19H14ClN5O3S2/c1-30(27,28)25-14-4-2-3-13(17(14)20)23-19-24-18(26)16(29-19)10-11-5-6-12-15(9-11)22-8-7-21-12/h2-10,25H,1H3,(H,23,24,26). The van der Waals surface area contributed by atoms with Crippen molar-refractivity contribution in [2.24, 2.45) is 4.99 Å². The van der Waals surface area contributed by atoms with Gasteiger partial charge in [-0.05, 0) is 47.7 Å². The highest BCUT2D eigenvalue weighted by atomic mass is 35.5. The quantitative estimate of drug-likeness (QED) is 0.577. The Labute approximate surface area is 181 Å². The maximum atomic E-state index is 12.3. The van der Waals surface area contributed by atoms with Crippen LogP contribution in [-0.4, -0.2) is 35.7 Å². The summed E-state index contributed by atoms with van der Waals surface area (Å²) in [5.74, 6) is -0.292. The number of carbonyl (C=O) groups excluding carboxylic acids is 1. The van der Waals surface area contributed by atoms with Crippen molar-refractivity contribution in [2.45, 2.75) is 0 Å². The predicted molar refractivity (Wildman–Crippen MR) is 120 cm³/mol. The fraction of sp³-hybridized carbons (Fsp3) is 0.0526. The Hall–Kier alpha value is -2.95. The van der Waals surface area contributed by atoms with Crippen LogP contribution in [0, 0.1) is 0 Å². The Kier molecular flexibility index (Phi) is 5.46. The van der Waals surface area contributed by atoms with E-state index in [1.807, 2.05) is 18.2 Å². The highest BCUT2D eigenvalue weighted by Gasteiger charge is 2.24. The highest BCUT2D eigenvalue weighted by molar-refractivity contribution is 8.18. The molecule has 2 N–H and O–H groups in total. The van der Waals surface area contributed by atoms with E-state index in [9.17, 15) is 13.2 Å². The number of benzene rings is 2. The second-order valence-corrected chi connectivity index (χ2v) is 9.46. The van der Waals surface area contributed by atoms with Crippen LogP contribution in [0.2, 0.25) is 5.02 Å². The molecular weight excluding hydrogens is 446 g/mol. The summed E-state index contributed by atoms with van der Waals surface area (Å²) in [7, 11) is -3.49. The van der Waals surface area contributed by atoms with Crippen molar-refractivity contribution in [1.82, 2.24) is 15.3 Å². The monoisotopic (exact) mass is 459 g/mol. The molecule has 0 aliphatic carbocycles. The average molecular weight is 460 g/mol. The number of hydrogen-bond donors (Lipinski definition) is 2. The van der Waals surface area contributed by atoms with Gasteiger partial charge in [-0.15, -0.1) is 0 Å². The first-order valence-corrected chi connectivity index (χ1v) is 11.6. The molecule has 0 unspecified atom stereocenters. The minimum absolute atomic E-state index is 0.135. The molecule has 0 spiro atoms. The first-order chi connectivity index (χ1) is 14.3. The normalized spacial score (nSPS) is 16.9. The lowest BCUT2D eigenvalue weighted by Gasteiger charge is -2.08. The molecule has 0 atom stereocenters. The zero-order chi connectivity index (χ0) is 21.3. The van der Waals surface area contributed by atoms with Crippen molar-refractivity contribution in [1.29, 1.82) is 0 Å². The van der Waals surface area contributed by atoms with E-state index in [0.717, 1.165) is 34.6 Å². The summed E-state index contributed by atoms with van der Waals surface area (Å²) in [6.45, 7) is 0. The first kappa shape index (κ1) is 20.3. The van der Waals surface area contributed by atoms with Crippen LogP contribution in [-0.2, 0) is 14.8 Å². The van der Waals surface area contributed by atoms with Crippen molar-refractivity contribution in [3.8, 4) is 0 Å². The van der Waals surface area contributed by atoms with E-state index >= 15 is 0 Å².